The molecule has 78 valence electrons. The fraction of sp³-hybridized carbons (Fsp3) is 0.182. The lowest BCUT2D eigenvalue weighted by Gasteiger charge is -2.02. The summed E-state index contributed by atoms with van der Waals surface area (Å²) in [5.74, 6) is -2.17. The summed E-state index contributed by atoms with van der Waals surface area (Å²) in [5, 5.41) is 8.57. The predicted octanol–water partition coefficient (Wildman–Crippen LogP) is 2.38. The average Bonchev–Trinajstić information content (AvgIpc) is 2.56. The zero-order chi connectivity index (χ0) is 11.0. The molecule has 1 aliphatic rings. The summed E-state index contributed by atoms with van der Waals surface area (Å²) in [6.45, 7) is 0. The summed E-state index contributed by atoms with van der Waals surface area (Å²) >= 11 is 0. The first kappa shape index (κ1) is 9.83. The highest BCUT2D eigenvalue weighted by molar-refractivity contribution is 5.91. The monoisotopic (exact) mass is 210 g/mol. The number of halogens is 2. The Hall–Kier alpha value is -1.71. The number of carboxylic acids is 1. The first-order chi connectivity index (χ1) is 7.09. The van der Waals surface area contributed by atoms with Gasteiger partial charge in [0.1, 0.15) is 11.6 Å². The average molecular weight is 210 g/mol. The summed E-state index contributed by atoms with van der Waals surface area (Å²) in [6, 6.07) is 2.09. The van der Waals surface area contributed by atoms with Crippen LogP contribution in [-0.2, 0) is 11.2 Å². The Morgan fingerprint density at radius 2 is 1.93 bits per heavy atom. The second-order valence-corrected chi connectivity index (χ2v) is 3.39. The third-order valence-corrected chi connectivity index (χ3v) is 2.47. The zero-order valence-corrected chi connectivity index (χ0v) is 7.76. The highest BCUT2D eigenvalue weighted by Gasteiger charge is 2.23. The number of benzene rings is 1. The van der Waals surface area contributed by atoms with Crippen molar-refractivity contribution in [2.75, 3.05) is 0 Å². The molecule has 0 fully saturated rings. The van der Waals surface area contributed by atoms with Crippen LogP contribution in [0.25, 0.3) is 5.57 Å². The van der Waals surface area contributed by atoms with Gasteiger partial charge in [0.2, 0.25) is 0 Å². The predicted molar refractivity (Wildman–Crippen MR) is 50.3 cm³/mol. The van der Waals surface area contributed by atoms with Gasteiger partial charge in [-0.2, -0.15) is 0 Å². The number of carboxylic acid groups (broad SMARTS) is 1. The molecule has 0 unspecified atom stereocenters. The molecular formula is C11H8F2O2. The third kappa shape index (κ3) is 1.63. The summed E-state index contributed by atoms with van der Waals surface area (Å²) in [4.78, 5) is 10.5. The highest BCUT2D eigenvalue weighted by atomic mass is 19.1. The number of rotatable bonds is 1. The second kappa shape index (κ2) is 3.46. The van der Waals surface area contributed by atoms with Crippen LogP contribution in [0, 0.1) is 11.6 Å². The summed E-state index contributed by atoms with van der Waals surface area (Å²) in [7, 11) is 0. The van der Waals surface area contributed by atoms with E-state index in [0.717, 1.165) is 18.2 Å². The fourth-order valence-corrected chi connectivity index (χ4v) is 1.86. The van der Waals surface area contributed by atoms with Crippen LogP contribution in [0.4, 0.5) is 8.78 Å². The molecule has 1 aromatic rings. The maximum absolute atomic E-state index is 13.4. The summed E-state index contributed by atoms with van der Waals surface area (Å²) in [6.07, 6.45) is 1.67. The minimum absolute atomic E-state index is 0.123. The minimum atomic E-state index is -1.14. The van der Waals surface area contributed by atoms with Crippen LogP contribution in [0.3, 0.4) is 0 Å². The van der Waals surface area contributed by atoms with E-state index in [4.69, 9.17) is 5.11 Å². The van der Waals surface area contributed by atoms with Crippen LogP contribution < -0.4 is 0 Å². The van der Waals surface area contributed by atoms with E-state index >= 15 is 0 Å². The molecule has 0 aromatic heterocycles. The molecule has 0 amide bonds. The lowest BCUT2D eigenvalue weighted by Crippen LogP contribution is -1.94. The van der Waals surface area contributed by atoms with Gasteiger partial charge in [0.05, 0.1) is 0 Å². The van der Waals surface area contributed by atoms with E-state index < -0.39 is 17.6 Å². The van der Waals surface area contributed by atoms with Gasteiger partial charge in [-0.3, -0.25) is 0 Å². The van der Waals surface area contributed by atoms with Gasteiger partial charge in [0.15, 0.2) is 0 Å². The van der Waals surface area contributed by atoms with E-state index in [1.54, 1.807) is 0 Å². The van der Waals surface area contributed by atoms with E-state index in [0.29, 0.717) is 18.4 Å². The van der Waals surface area contributed by atoms with Crippen molar-refractivity contribution in [3.8, 4) is 0 Å². The zero-order valence-electron chi connectivity index (χ0n) is 7.76. The van der Waals surface area contributed by atoms with Crippen molar-refractivity contribution in [1.82, 2.24) is 0 Å². The highest BCUT2D eigenvalue weighted by Crippen LogP contribution is 2.35. The van der Waals surface area contributed by atoms with Gasteiger partial charge in [-0.05, 0) is 36.1 Å². The largest absolute Gasteiger partial charge is 0.478 e. The van der Waals surface area contributed by atoms with Gasteiger partial charge in [-0.25, -0.2) is 13.6 Å². The van der Waals surface area contributed by atoms with Crippen LogP contribution in [0.2, 0.25) is 0 Å². The molecule has 4 heteroatoms. The molecule has 2 nitrogen and oxygen atoms in total. The van der Waals surface area contributed by atoms with Gasteiger partial charge < -0.3 is 5.11 Å². The van der Waals surface area contributed by atoms with E-state index in [2.05, 4.69) is 0 Å². The molecule has 0 saturated heterocycles. The normalized spacial score (nSPS) is 16.8. The Morgan fingerprint density at radius 1 is 1.27 bits per heavy atom. The van der Waals surface area contributed by atoms with Crippen LogP contribution in [0.15, 0.2) is 18.2 Å². The van der Waals surface area contributed by atoms with Crippen molar-refractivity contribution in [1.29, 1.82) is 0 Å². The number of allylic oxidation sites excluding steroid dienone is 1. The first-order valence-corrected chi connectivity index (χ1v) is 4.50. The van der Waals surface area contributed by atoms with Crippen molar-refractivity contribution in [3.63, 3.8) is 0 Å². The molecule has 15 heavy (non-hydrogen) atoms. The van der Waals surface area contributed by atoms with E-state index in [1.165, 1.54) is 0 Å². The van der Waals surface area contributed by atoms with Crippen molar-refractivity contribution in [2.24, 2.45) is 0 Å². The van der Waals surface area contributed by atoms with Gasteiger partial charge in [0.25, 0.3) is 0 Å². The van der Waals surface area contributed by atoms with Crippen molar-refractivity contribution < 1.29 is 18.7 Å². The van der Waals surface area contributed by atoms with Crippen LogP contribution in [0.1, 0.15) is 17.5 Å². The third-order valence-electron chi connectivity index (χ3n) is 2.47. The van der Waals surface area contributed by atoms with Crippen molar-refractivity contribution >= 4 is 11.5 Å². The summed E-state index contributed by atoms with van der Waals surface area (Å²) in [5.41, 5.74) is 0.759. The maximum atomic E-state index is 13.4. The molecular weight excluding hydrogens is 202 g/mol. The molecule has 0 heterocycles. The fourth-order valence-electron chi connectivity index (χ4n) is 1.86. The van der Waals surface area contributed by atoms with Crippen molar-refractivity contribution in [3.05, 3.63) is 41.0 Å². The Bertz CT molecular complexity index is 464. The second-order valence-electron chi connectivity index (χ2n) is 3.39. The Labute approximate surface area is 84.8 Å². The molecule has 0 atom stereocenters. The molecule has 0 spiro atoms. The smallest absolute Gasteiger partial charge is 0.328 e. The van der Waals surface area contributed by atoms with E-state index in [1.807, 2.05) is 0 Å². The Kier molecular flexibility index (Phi) is 2.26. The van der Waals surface area contributed by atoms with Gasteiger partial charge in [0, 0.05) is 11.6 Å². The van der Waals surface area contributed by atoms with Crippen molar-refractivity contribution in [2.45, 2.75) is 12.8 Å². The molecule has 0 aliphatic heterocycles. The lowest BCUT2D eigenvalue weighted by molar-refractivity contribution is -0.131. The molecule has 0 saturated carbocycles. The molecule has 0 bridgehead atoms. The van der Waals surface area contributed by atoms with Gasteiger partial charge in [-0.15, -0.1) is 0 Å². The quantitative estimate of drug-likeness (QED) is 0.722. The molecule has 1 aliphatic carbocycles. The maximum Gasteiger partial charge on any atom is 0.328 e. The summed E-state index contributed by atoms with van der Waals surface area (Å²) < 4.78 is 26.6. The first-order valence-electron chi connectivity index (χ1n) is 4.50. The van der Waals surface area contributed by atoms with Crippen LogP contribution in [0.5, 0.6) is 0 Å². The standard InChI is InChI=1S/C11H8F2O2/c12-8-3-4-9(13)11-6(5-10(14)15)1-2-7(8)11/h3-5H,1-2H2,(H,14,15). The molecule has 1 N–H and O–H groups in total. The Balaban J connectivity index is 2.60. The van der Waals surface area contributed by atoms with E-state index in [9.17, 15) is 13.6 Å². The number of fused-ring (bicyclic) bond motifs is 1. The van der Waals surface area contributed by atoms with Gasteiger partial charge >= 0.3 is 5.97 Å². The topological polar surface area (TPSA) is 37.3 Å². The number of hydrogen-bond acceptors (Lipinski definition) is 1. The lowest BCUT2D eigenvalue weighted by atomic mass is 10.1. The number of hydrogen-bond donors (Lipinski definition) is 1. The molecule has 1 aromatic carbocycles. The Morgan fingerprint density at radius 3 is 2.60 bits per heavy atom. The number of aliphatic carboxylic acids is 1. The number of carbonyl (C=O) groups is 1. The minimum Gasteiger partial charge on any atom is -0.478 e. The molecule has 0 radical (unpaired) electrons. The van der Waals surface area contributed by atoms with Crippen LogP contribution >= 0.6 is 0 Å². The SMILES string of the molecule is O=C(O)C=C1CCc2c(F)ccc(F)c21. The van der Waals surface area contributed by atoms with Gasteiger partial charge in [-0.1, -0.05) is 0 Å². The van der Waals surface area contributed by atoms with E-state index in [-0.39, 0.29) is 11.1 Å². The van der Waals surface area contributed by atoms with Crippen LogP contribution in [-0.4, -0.2) is 11.1 Å². The molecule has 2 rings (SSSR count).